The molecule has 1 aliphatic rings. The van der Waals surface area contributed by atoms with E-state index in [9.17, 15) is 8.42 Å². The second-order valence-corrected chi connectivity index (χ2v) is 7.41. The number of sulfonamides is 1. The van der Waals surface area contributed by atoms with Gasteiger partial charge in [0, 0.05) is 11.6 Å². The first kappa shape index (κ1) is 16.0. The summed E-state index contributed by atoms with van der Waals surface area (Å²) in [4.78, 5) is 0. The third-order valence-electron chi connectivity index (χ3n) is 3.83. The summed E-state index contributed by atoms with van der Waals surface area (Å²) in [5.74, 6) is 5.74. The number of hydrogen-bond acceptors (Lipinski definition) is 3. The Labute approximate surface area is 127 Å². The standard InChI is InChI=1S/C16H22N2O2S/c1-13(18-21(19,20)16-6-2-3-7-16)15-10-8-14(9-11-15)5-4-12-17/h8-11,13,16,18H,2-3,6-7,12,17H2,1H3. The first-order chi connectivity index (χ1) is 10.0. The van der Waals surface area contributed by atoms with Crippen molar-refractivity contribution in [1.29, 1.82) is 0 Å². The fraction of sp³-hybridized carbons (Fsp3) is 0.500. The van der Waals surface area contributed by atoms with Crippen molar-refractivity contribution in [3.8, 4) is 11.8 Å². The van der Waals surface area contributed by atoms with E-state index in [0.29, 0.717) is 6.54 Å². The second kappa shape index (κ2) is 7.08. The van der Waals surface area contributed by atoms with E-state index in [4.69, 9.17) is 5.73 Å². The van der Waals surface area contributed by atoms with Crippen LogP contribution in [0.3, 0.4) is 0 Å². The van der Waals surface area contributed by atoms with Crippen LogP contribution in [0.25, 0.3) is 0 Å². The van der Waals surface area contributed by atoms with E-state index in [1.165, 1.54) is 0 Å². The van der Waals surface area contributed by atoms with Crippen molar-refractivity contribution in [2.24, 2.45) is 5.73 Å². The molecule has 0 saturated heterocycles. The lowest BCUT2D eigenvalue weighted by Gasteiger charge is -2.18. The van der Waals surface area contributed by atoms with Crippen molar-refractivity contribution >= 4 is 10.0 Å². The molecule has 1 aliphatic carbocycles. The Morgan fingerprint density at radius 1 is 1.29 bits per heavy atom. The molecule has 114 valence electrons. The zero-order valence-corrected chi connectivity index (χ0v) is 13.1. The quantitative estimate of drug-likeness (QED) is 0.835. The van der Waals surface area contributed by atoms with Crippen molar-refractivity contribution in [1.82, 2.24) is 4.72 Å². The number of nitrogens with two attached hydrogens (primary N) is 1. The van der Waals surface area contributed by atoms with Crippen molar-refractivity contribution in [2.75, 3.05) is 6.54 Å². The van der Waals surface area contributed by atoms with Gasteiger partial charge in [-0.3, -0.25) is 0 Å². The van der Waals surface area contributed by atoms with Gasteiger partial charge < -0.3 is 5.73 Å². The summed E-state index contributed by atoms with van der Waals surface area (Å²) in [5.41, 5.74) is 7.16. The minimum Gasteiger partial charge on any atom is -0.320 e. The average molecular weight is 306 g/mol. The first-order valence-electron chi connectivity index (χ1n) is 7.33. The fourth-order valence-electron chi connectivity index (χ4n) is 2.62. The zero-order chi connectivity index (χ0) is 15.3. The molecule has 1 unspecified atom stereocenters. The molecule has 0 amide bonds. The van der Waals surface area contributed by atoms with Gasteiger partial charge in [0.1, 0.15) is 0 Å². The Morgan fingerprint density at radius 2 is 1.90 bits per heavy atom. The van der Waals surface area contributed by atoms with Crippen LogP contribution in [0.2, 0.25) is 0 Å². The molecule has 1 saturated carbocycles. The number of benzene rings is 1. The summed E-state index contributed by atoms with van der Waals surface area (Å²) in [7, 11) is -3.23. The highest BCUT2D eigenvalue weighted by molar-refractivity contribution is 7.90. The molecular weight excluding hydrogens is 284 g/mol. The molecule has 0 aliphatic heterocycles. The van der Waals surface area contributed by atoms with Gasteiger partial charge >= 0.3 is 0 Å². The lowest BCUT2D eigenvalue weighted by Crippen LogP contribution is -2.34. The van der Waals surface area contributed by atoms with Gasteiger partial charge in [-0.05, 0) is 37.5 Å². The third kappa shape index (κ3) is 4.31. The molecule has 0 aromatic heterocycles. The SMILES string of the molecule is CC(NS(=O)(=O)C1CCCC1)c1ccc(C#CCN)cc1. The van der Waals surface area contributed by atoms with Crippen molar-refractivity contribution in [3.63, 3.8) is 0 Å². The van der Waals surface area contributed by atoms with Crippen LogP contribution in [-0.2, 0) is 10.0 Å². The molecule has 21 heavy (non-hydrogen) atoms. The normalized spacial score (nSPS) is 17.2. The lowest BCUT2D eigenvalue weighted by atomic mass is 10.1. The van der Waals surface area contributed by atoms with E-state index in [2.05, 4.69) is 16.6 Å². The molecule has 5 heteroatoms. The van der Waals surface area contributed by atoms with Gasteiger partial charge in [0.05, 0.1) is 11.8 Å². The summed E-state index contributed by atoms with van der Waals surface area (Å²) < 4.78 is 27.3. The predicted octanol–water partition coefficient (Wildman–Crippen LogP) is 1.92. The molecule has 0 spiro atoms. The highest BCUT2D eigenvalue weighted by atomic mass is 32.2. The summed E-state index contributed by atoms with van der Waals surface area (Å²) in [6.07, 6.45) is 3.56. The van der Waals surface area contributed by atoms with Gasteiger partial charge in [0.15, 0.2) is 0 Å². The monoisotopic (exact) mass is 306 g/mol. The summed E-state index contributed by atoms with van der Waals surface area (Å²) in [6.45, 7) is 2.20. The molecule has 0 bridgehead atoms. The minimum atomic E-state index is -3.23. The first-order valence-corrected chi connectivity index (χ1v) is 8.87. The molecule has 1 fully saturated rings. The molecule has 2 rings (SSSR count). The van der Waals surface area contributed by atoms with Gasteiger partial charge in [-0.25, -0.2) is 13.1 Å². The molecule has 3 N–H and O–H groups in total. The predicted molar refractivity (Wildman–Crippen MR) is 85.1 cm³/mol. The van der Waals surface area contributed by atoms with Gasteiger partial charge in [0.2, 0.25) is 10.0 Å². The molecule has 4 nitrogen and oxygen atoms in total. The van der Waals surface area contributed by atoms with E-state index in [0.717, 1.165) is 36.8 Å². The summed E-state index contributed by atoms with van der Waals surface area (Å²) in [6, 6.07) is 7.36. The smallest absolute Gasteiger partial charge is 0.215 e. The van der Waals surface area contributed by atoms with E-state index in [-0.39, 0.29) is 11.3 Å². The van der Waals surface area contributed by atoms with Crippen molar-refractivity contribution in [2.45, 2.75) is 43.9 Å². The van der Waals surface area contributed by atoms with Gasteiger partial charge in [-0.15, -0.1) is 0 Å². The van der Waals surface area contributed by atoms with Crippen LogP contribution in [0.15, 0.2) is 24.3 Å². The van der Waals surface area contributed by atoms with Gasteiger partial charge in [-0.1, -0.05) is 36.8 Å². The minimum absolute atomic E-state index is 0.227. The maximum atomic E-state index is 12.3. The molecule has 0 radical (unpaired) electrons. The molecule has 0 heterocycles. The van der Waals surface area contributed by atoms with Crippen LogP contribution in [0, 0.1) is 11.8 Å². The maximum absolute atomic E-state index is 12.3. The summed E-state index contributed by atoms with van der Waals surface area (Å²) >= 11 is 0. The number of rotatable bonds is 4. The number of nitrogens with one attached hydrogen (secondary N) is 1. The van der Waals surface area contributed by atoms with Crippen LogP contribution >= 0.6 is 0 Å². The van der Waals surface area contributed by atoms with E-state index < -0.39 is 10.0 Å². The average Bonchev–Trinajstić information content (AvgIpc) is 3.00. The molecular formula is C16H22N2O2S. The Morgan fingerprint density at radius 3 is 2.48 bits per heavy atom. The fourth-order valence-corrected chi connectivity index (χ4v) is 4.39. The van der Waals surface area contributed by atoms with Gasteiger partial charge in [0.25, 0.3) is 0 Å². The van der Waals surface area contributed by atoms with Crippen LogP contribution in [-0.4, -0.2) is 20.2 Å². The topological polar surface area (TPSA) is 72.2 Å². The van der Waals surface area contributed by atoms with Crippen LogP contribution < -0.4 is 10.5 Å². The Kier molecular flexibility index (Phi) is 5.40. The summed E-state index contributed by atoms with van der Waals surface area (Å²) in [5, 5.41) is -0.227. The Bertz CT molecular complexity index is 620. The highest BCUT2D eigenvalue weighted by Crippen LogP contribution is 2.25. The van der Waals surface area contributed by atoms with E-state index in [1.54, 1.807) is 0 Å². The Hall–Kier alpha value is -1.35. The lowest BCUT2D eigenvalue weighted by molar-refractivity contribution is 0.550. The van der Waals surface area contributed by atoms with Gasteiger partial charge in [-0.2, -0.15) is 0 Å². The van der Waals surface area contributed by atoms with E-state index >= 15 is 0 Å². The molecule has 1 aromatic rings. The molecule has 1 atom stereocenters. The van der Waals surface area contributed by atoms with E-state index in [1.807, 2.05) is 31.2 Å². The van der Waals surface area contributed by atoms with Crippen LogP contribution in [0.1, 0.15) is 49.8 Å². The van der Waals surface area contributed by atoms with Crippen LogP contribution in [0.4, 0.5) is 0 Å². The number of hydrogen-bond donors (Lipinski definition) is 2. The zero-order valence-electron chi connectivity index (χ0n) is 12.3. The second-order valence-electron chi connectivity index (χ2n) is 5.42. The largest absolute Gasteiger partial charge is 0.320 e. The highest BCUT2D eigenvalue weighted by Gasteiger charge is 2.29. The maximum Gasteiger partial charge on any atom is 0.215 e. The Balaban J connectivity index is 2.04. The molecule has 1 aromatic carbocycles. The third-order valence-corrected chi connectivity index (χ3v) is 5.86. The van der Waals surface area contributed by atoms with Crippen LogP contribution in [0.5, 0.6) is 0 Å². The van der Waals surface area contributed by atoms with Crippen molar-refractivity contribution in [3.05, 3.63) is 35.4 Å². The van der Waals surface area contributed by atoms with Crippen molar-refractivity contribution < 1.29 is 8.42 Å².